The molecule has 2 heterocycles. The van der Waals surface area contributed by atoms with Gasteiger partial charge in [0, 0.05) is 23.2 Å². The number of nitrogens with zero attached hydrogens (tertiary/aromatic N) is 2. The number of fused-ring (bicyclic) bond motifs is 1. The van der Waals surface area contributed by atoms with E-state index in [1.165, 1.54) is 0 Å². The third-order valence-corrected chi connectivity index (χ3v) is 5.40. The zero-order valence-corrected chi connectivity index (χ0v) is 17.4. The van der Waals surface area contributed by atoms with E-state index in [-0.39, 0.29) is 18.4 Å². The maximum Gasteiger partial charge on any atom is 0.265 e. The predicted octanol–water partition coefficient (Wildman–Crippen LogP) is 2.51. The number of nitrogens with one attached hydrogen (secondary N) is 1. The minimum Gasteiger partial charge on any atom is -0.477 e. The van der Waals surface area contributed by atoms with Crippen molar-refractivity contribution in [3.8, 4) is 5.75 Å². The Morgan fingerprint density at radius 3 is 2.69 bits per heavy atom. The second-order valence-corrected chi connectivity index (χ2v) is 7.87. The van der Waals surface area contributed by atoms with Crippen LogP contribution in [-0.2, 0) is 14.3 Å². The maximum atomic E-state index is 12.9. The van der Waals surface area contributed by atoms with Crippen LogP contribution in [0.25, 0.3) is 0 Å². The average Bonchev–Trinajstić information content (AvgIpc) is 2.73. The molecule has 0 aliphatic carbocycles. The summed E-state index contributed by atoms with van der Waals surface area (Å²) in [5, 5.41) is 2.90. The standard InChI is InChI=1S/C21H22BrN3O4/c22-15-4-3-5-16(12-15)23-20(26)14-25-13-19(21(27)24-8-10-28-11-9-24)29-18-7-2-1-6-17(18)25/h1-7,12,19H,8-11,13-14H2,(H,23,26)/t19-/m1/s1. The van der Waals surface area contributed by atoms with Crippen molar-refractivity contribution in [3.63, 3.8) is 0 Å². The number of rotatable bonds is 4. The summed E-state index contributed by atoms with van der Waals surface area (Å²) in [5.41, 5.74) is 1.52. The third kappa shape index (κ3) is 4.71. The first-order valence-electron chi connectivity index (χ1n) is 9.53. The first-order valence-corrected chi connectivity index (χ1v) is 10.3. The van der Waals surface area contributed by atoms with E-state index in [0.717, 1.165) is 10.2 Å². The van der Waals surface area contributed by atoms with Gasteiger partial charge in [0.1, 0.15) is 5.75 Å². The second kappa shape index (κ2) is 8.84. The van der Waals surface area contributed by atoms with E-state index >= 15 is 0 Å². The van der Waals surface area contributed by atoms with E-state index in [2.05, 4.69) is 21.2 Å². The Labute approximate surface area is 177 Å². The first kappa shape index (κ1) is 19.7. The largest absolute Gasteiger partial charge is 0.477 e. The van der Waals surface area contributed by atoms with Gasteiger partial charge in [-0.3, -0.25) is 9.59 Å². The molecule has 4 rings (SSSR count). The molecule has 2 aliphatic rings. The van der Waals surface area contributed by atoms with Gasteiger partial charge in [-0.15, -0.1) is 0 Å². The van der Waals surface area contributed by atoms with Crippen LogP contribution in [-0.4, -0.2) is 62.2 Å². The van der Waals surface area contributed by atoms with Crippen molar-refractivity contribution in [2.45, 2.75) is 6.10 Å². The van der Waals surface area contributed by atoms with Crippen LogP contribution in [0.1, 0.15) is 0 Å². The van der Waals surface area contributed by atoms with Crippen LogP contribution >= 0.6 is 15.9 Å². The Morgan fingerprint density at radius 2 is 1.90 bits per heavy atom. The molecule has 2 aliphatic heterocycles. The number of carbonyl (C=O) groups excluding carboxylic acids is 2. The Balaban J connectivity index is 1.48. The normalized spacial score (nSPS) is 18.6. The molecule has 7 nitrogen and oxygen atoms in total. The van der Waals surface area contributed by atoms with E-state index < -0.39 is 6.10 Å². The van der Waals surface area contributed by atoms with Crippen molar-refractivity contribution in [1.82, 2.24) is 4.90 Å². The van der Waals surface area contributed by atoms with Crippen molar-refractivity contribution in [3.05, 3.63) is 53.0 Å². The molecule has 1 N–H and O–H groups in total. The summed E-state index contributed by atoms with van der Waals surface area (Å²) in [6.07, 6.45) is -0.651. The number of hydrogen-bond acceptors (Lipinski definition) is 5. The number of amides is 2. The average molecular weight is 460 g/mol. The van der Waals surface area contributed by atoms with Gasteiger partial charge in [-0.1, -0.05) is 34.1 Å². The van der Waals surface area contributed by atoms with Crippen LogP contribution in [0.2, 0.25) is 0 Å². The Bertz CT molecular complexity index is 901. The van der Waals surface area contributed by atoms with E-state index in [0.29, 0.717) is 44.3 Å². The van der Waals surface area contributed by atoms with Crippen LogP contribution in [0.4, 0.5) is 11.4 Å². The molecule has 29 heavy (non-hydrogen) atoms. The number of anilines is 2. The molecule has 0 saturated carbocycles. The molecule has 1 fully saturated rings. The minimum absolute atomic E-state index is 0.0693. The fourth-order valence-corrected chi connectivity index (χ4v) is 3.91. The third-order valence-electron chi connectivity index (χ3n) is 4.90. The Hall–Kier alpha value is -2.58. The van der Waals surface area contributed by atoms with Crippen molar-refractivity contribution in [2.24, 2.45) is 0 Å². The lowest BCUT2D eigenvalue weighted by Crippen LogP contribution is -2.53. The van der Waals surface area contributed by atoms with Gasteiger partial charge in [0.2, 0.25) is 5.91 Å². The predicted molar refractivity (Wildman–Crippen MR) is 113 cm³/mol. The number of morpholine rings is 1. The number of benzene rings is 2. The van der Waals surface area contributed by atoms with Gasteiger partial charge in [0.15, 0.2) is 6.10 Å². The van der Waals surface area contributed by atoms with Gasteiger partial charge in [-0.05, 0) is 30.3 Å². The zero-order valence-electron chi connectivity index (χ0n) is 15.8. The number of ether oxygens (including phenoxy) is 2. The van der Waals surface area contributed by atoms with E-state index in [4.69, 9.17) is 9.47 Å². The first-order chi connectivity index (χ1) is 14.1. The Morgan fingerprint density at radius 1 is 1.10 bits per heavy atom. The van der Waals surface area contributed by atoms with Gasteiger partial charge in [-0.2, -0.15) is 0 Å². The Kier molecular flexibility index (Phi) is 6.01. The van der Waals surface area contributed by atoms with Gasteiger partial charge in [-0.25, -0.2) is 0 Å². The number of para-hydroxylation sites is 2. The fraction of sp³-hybridized carbons (Fsp3) is 0.333. The molecule has 1 saturated heterocycles. The quantitative estimate of drug-likeness (QED) is 0.760. The van der Waals surface area contributed by atoms with Gasteiger partial charge < -0.3 is 24.6 Å². The molecule has 0 radical (unpaired) electrons. The van der Waals surface area contributed by atoms with Gasteiger partial charge in [0.05, 0.1) is 32.0 Å². The highest BCUT2D eigenvalue weighted by atomic mass is 79.9. The summed E-state index contributed by atoms with van der Waals surface area (Å²) in [5.74, 6) is 0.387. The van der Waals surface area contributed by atoms with E-state index in [9.17, 15) is 9.59 Å². The molecule has 2 amide bonds. The molecule has 0 bridgehead atoms. The molecular weight excluding hydrogens is 438 g/mol. The SMILES string of the molecule is O=C(CN1C[C@H](C(=O)N2CCOCC2)Oc2ccccc21)Nc1cccc(Br)c1. The molecule has 0 spiro atoms. The second-order valence-electron chi connectivity index (χ2n) is 6.95. The van der Waals surface area contributed by atoms with Crippen LogP contribution in [0.5, 0.6) is 5.75 Å². The highest BCUT2D eigenvalue weighted by Crippen LogP contribution is 2.33. The van der Waals surface area contributed by atoms with Crippen molar-refractivity contribution >= 4 is 39.1 Å². The lowest BCUT2D eigenvalue weighted by Gasteiger charge is -2.38. The molecular formula is C21H22BrN3O4. The summed E-state index contributed by atoms with van der Waals surface area (Å²) in [4.78, 5) is 29.3. The molecule has 152 valence electrons. The monoisotopic (exact) mass is 459 g/mol. The number of hydrogen-bond donors (Lipinski definition) is 1. The lowest BCUT2D eigenvalue weighted by molar-refractivity contribution is -0.142. The van der Waals surface area contributed by atoms with Gasteiger partial charge in [0.25, 0.3) is 5.91 Å². The number of halogens is 1. The minimum atomic E-state index is -0.651. The molecule has 8 heteroatoms. The van der Waals surface area contributed by atoms with E-state index in [1.54, 1.807) is 4.90 Å². The lowest BCUT2D eigenvalue weighted by atomic mass is 10.1. The summed E-state index contributed by atoms with van der Waals surface area (Å²) in [7, 11) is 0. The van der Waals surface area contributed by atoms with E-state index in [1.807, 2.05) is 53.4 Å². The molecule has 1 atom stereocenters. The highest BCUT2D eigenvalue weighted by molar-refractivity contribution is 9.10. The summed E-state index contributed by atoms with van der Waals surface area (Å²) in [6.45, 7) is 2.63. The summed E-state index contributed by atoms with van der Waals surface area (Å²) >= 11 is 3.40. The van der Waals surface area contributed by atoms with Crippen LogP contribution < -0.4 is 15.0 Å². The maximum absolute atomic E-state index is 12.9. The molecule has 2 aromatic carbocycles. The van der Waals surface area contributed by atoms with Crippen molar-refractivity contribution < 1.29 is 19.1 Å². The van der Waals surface area contributed by atoms with Gasteiger partial charge >= 0.3 is 0 Å². The topological polar surface area (TPSA) is 71.1 Å². The van der Waals surface area contributed by atoms with Crippen LogP contribution in [0, 0.1) is 0 Å². The fourth-order valence-electron chi connectivity index (χ4n) is 3.51. The summed E-state index contributed by atoms with van der Waals surface area (Å²) < 4.78 is 12.2. The smallest absolute Gasteiger partial charge is 0.265 e. The summed E-state index contributed by atoms with van der Waals surface area (Å²) in [6, 6.07) is 14.9. The van der Waals surface area contributed by atoms with Crippen molar-refractivity contribution in [2.75, 3.05) is 49.6 Å². The molecule has 0 unspecified atom stereocenters. The molecule has 0 aromatic heterocycles. The van der Waals surface area contributed by atoms with Crippen LogP contribution in [0.3, 0.4) is 0 Å². The molecule has 2 aromatic rings. The van der Waals surface area contributed by atoms with Crippen molar-refractivity contribution in [1.29, 1.82) is 0 Å². The zero-order chi connectivity index (χ0) is 20.2. The number of carbonyl (C=O) groups is 2. The highest BCUT2D eigenvalue weighted by Gasteiger charge is 2.34. The van der Waals surface area contributed by atoms with Crippen LogP contribution in [0.15, 0.2) is 53.0 Å².